The van der Waals surface area contributed by atoms with Gasteiger partial charge in [-0.15, -0.1) is 12.6 Å². The van der Waals surface area contributed by atoms with E-state index in [4.69, 9.17) is 5.11 Å². The van der Waals surface area contributed by atoms with Gasteiger partial charge in [0.15, 0.2) is 0 Å². The van der Waals surface area contributed by atoms with E-state index in [1.54, 1.807) is 12.2 Å². The van der Waals surface area contributed by atoms with Crippen molar-refractivity contribution in [1.82, 2.24) is 0 Å². The SMILES string of the molecule is OC1OC=CC=C1S. The summed E-state index contributed by atoms with van der Waals surface area (Å²) in [7, 11) is 0. The summed E-state index contributed by atoms with van der Waals surface area (Å²) in [6, 6.07) is 0. The topological polar surface area (TPSA) is 29.5 Å². The zero-order valence-electron chi connectivity index (χ0n) is 4.11. The van der Waals surface area contributed by atoms with Gasteiger partial charge in [-0.25, -0.2) is 0 Å². The minimum Gasteiger partial charge on any atom is -0.468 e. The fourth-order valence-corrected chi connectivity index (χ4v) is 0.557. The molecule has 0 saturated heterocycles. The van der Waals surface area contributed by atoms with Crippen LogP contribution in [0.2, 0.25) is 0 Å². The Hall–Kier alpha value is -0.410. The predicted molar refractivity (Wildman–Crippen MR) is 33.3 cm³/mol. The second-order valence-electron chi connectivity index (χ2n) is 1.41. The Kier molecular flexibility index (Phi) is 1.60. The summed E-state index contributed by atoms with van der Waals surface area (Å²) in [6.07, 6.45) is 3.92. The van der Waals surface area contributed by atoms with E-state index in [2.05, 4.69) is 17.4 Å². The minimum atomic E-state index is -0.858. The lowest BCUT2D eigenvalue weighted by molar-refractivity contribution is -0.0162. The predicted octanol–water partition coefficient (Wildman–Crippen LogP) is 0.662. The van der Waals surface area contributed by atoms with E-state index in [9.17, 15) is 0 Å². The van der Waals surface area contributed by atoms with E-state index >= 15 is 0 Å². The van der Waals surface area contributed by atoms with Crippen molar-refractivity contribution in [3.8, 4) is 0 Å². The summed E-state index contributed by atoms with van der Waals surface area (Å²) in [5.41, 5.74) is 0. The number of aliphatic hydroxyl groups is 1. The highest BCUT2D eigenvalue weighted by Crippen LogP contribution is 2.12. The first-order valence-corrected chi connectivity index (χ1v) is 2.64. The van der Waals surface area contributed by atoms with Crippen LogP contribution in [0.4, 0.5) is 0 Å². The number of allylic oxidation sites excluding steroid dienone is 2. The maximum Gasteiger partial charge on any atom is 0.229 e. The standard InChI is InChI=1S/C5H6O2S/c6-5-4(8)2-1-3-7-5/h1-3,5-6,8H. The normalized spacial score (nSPS) is 26.8. The van der Waals surface area contributed by atoms with Crippen molar-refractivity contribution < 1.29 is 9.84 Å². The first-order valence-electron chi connectivity index (χ1n) is 2.20. The zero-order chi connectivity index (χ0) is 5.98. The van der Waals surface area contributed by atoms with Crippen LogP contribution < -0.4 is 0 Å². The van der Waals surface area contributed by atoms with Crippen LogP contribution in [0.3, 0.4) is 0 Å². The molecule has 0 bridgehead atoms. The molecule has 0 aromatic heterocycles. The van der Waals surface area contributed by atoms with Crippen molar-refractivity contribution in [2.75, 3.05) is 0 Å². The molecule has 1 aliphatic heterocycles. The van der Waals surface area contributed by atoms with Crippen LogP contribution in [0.15, 0.2) is 23.3 Å². The van der Waals surface area contributed by atoms with Gasteiger partial charge in [-0.1, -0.05) is 0 Å². The summed E-state index contributed by atoms with van der Waals surface area (Å²) < 4.78 is 4.62. The Morgan fingerprint density at radius 3 is 2.88 bits per heavy atom. The Morgan fingerprint density at radius 2 is 2.50 bits per heavy atom. The smallest absolute Gasteiger partial charge is 0.229 e. The molecule has 1 aliphatic rings. The molecule has 0 aromatic carbocycles. The minimum absolute atomic E-state index is 0.535. The number of thiol groups is 1. The highest BCUT2D eigenvalue weighted by Gasteiger charge is 2.06. The molecule has 8 heavy (non-hydrogen) atoms. The van der Waals surface area contributed by atoms with Crippen molar-refractivity contribution in [2.24, 2.45) is 0 Å². The van der Waals surface area contributed by atoms with E-state index in [0.717, 1.165) is 0 Å². The lowest BCUT2D eigenvalue weighted by atomic mass is 10.4. The van der Waals surface area contributed by atoms with Gasteiger partial charge in [0.05, 0.1) is 6.26 Å². The van der Waals surface area contributed by atoms with E-state index in [-0.39, 0.29) is 0 Å². The van der Waals surface area contributed by atoms with E-state index < -0.39 is 6.29 Å². The van der Waals surface area contributed by atoms with Crippen molar-refractivity contribution in [3.05, 3.63) is 23.3 Å². The lowest BCUT2D eigenvalue weighted by Crippen LogP contribution is -2.09. The molecule has 1 rings (SSSR count). The Labute approximate surface area is 52.9 Å². The second kappa shape index (κ2) is 2.24. The molecule has 0 aliphatic carbocycles. The van der Waals surface area contributed by atoms with Crippen LogP contribution in [-0.4, -0.2) is 11.4 Å². The number of rotatable bonds is 0. The Morgan fingerprint density at radius 1 is 1.75 bits per heavy atom. The molecule has 0 aromatic rings. The number of ether oxygens (including phenoxy) is 1. The zero-order valence-corrected chi connectivity index (χ0v) is 5.01. The first kappa shape index (κ1) is 5.72. The summed E-state index contributed by atoms with van der Waals surface area (Å²) in [5.74, 6) is 0. The van der Waals surface area contributed by atoms with Gasteiger partial charge in [0.1, 0.15) is 0 Å². The van der Waals surface area contributed by atoms with E-state index in [1.165, 1.54) is 6.26 Å². The third-order valence-corrected chi connectivity index (χ3v) is 1.18. The molecular formula is C5H6O2S. The average molecular weight is 130 g/mol. The summed E-state index contributed by atoms with van der Waals surface area (Å²) in [6.45, 7) is 0. The number of aliphatic hydroxyl groups excluding tert-OH is 1. The van der Waals surface area contributed by atoms with Crippen molar-refractivity contribution in [2.45, 2.75) is 6.29 Å². The van der Waals surface area contributed by atoms with Crippen molar-refractivity contribution >= 4 is 12.6 Å². The molecule has 2 nitrogen and oxygen atoms in total. The molecule has 1 unspecified atom stereocenters. The van der Waals surface area contributed by atoms with Gasteiger partial charge in [0, 0.05) is 4.91 Å². The molecule has 0 fully saturated rings. The third kappa shape index (κ3) is 1.05. The Balaban J connectivity index is 2.66. The molecule has 44 valence electrons. The fourth-order valence-electron chi connectivity index (χ4n) is 0.410. The van der Waals surface area contributed by atoms with Crippen LogP contribution in [0, 0.1) is 0 Å². The van der Waals surface area contributed by atoms with Crippen LogP contribution in [0.1, 0.15) is 0 Å². The van der Waals surface area contributed by atoms with Gasteiger partial charge in [0.2, 0.25) is 6.29 Å². The van der Waals surface area contributed by atoms with Crippen molar-refractivity contribution in [3.63, 3.8) is 0 Å². The Bertz CT molecular complexity index is 139. The molecule has 0 saturated carbocycles. The molecule has 1 atom stereocenters. The van der Waals surface area contributed by atoms with Crippen molar-refractivity contribution in [1.29, 1.82) is 0 Å². The van der Waals surface area contributed by atoms with Crippen LogP contribution in [-0.2, 0) is 4.74 Å². The maximum atomic E-state index is 8.76. The molecule has 0 amide bonds. The van der Waals surface area contributed by atoms with Gasteiger partial charge in [-0.2, -0.15) is 0 Å². The van der Waals surface area contributed by atoms with Crippen LogP contribution in [0.25, 0.3) is 0 Å². The van der Waals surface area contributed by atoms with Gasteiger partial charge in [-0.3, -0.25) is 0 Å². The average Bonchev–Trinajstić information content (AvgIpc) is 1.77. The summed E-state index contributed by atoms with van der Waals surface area (Å²) in [4.78, 5) is 0.535. The fraction of sp³-hybridized carbons (Fsp3) is 0.200. The molecule has 3 heteroatoms. The highest BCUT2D eigenvalue weighted by atomic mass is 32.1. The van der Waals surface area contributed by atoms with Gasteiger partial charge < -0.3 is 9.84 Å². The number of hydrogen-bond donors (Lipinski definition) is 2. The summed E-state index contributed by atoms with van der Waals surface area (Å²) in [5, 5.41) is 8.76. The second-order valence-corrected chi connectivity index (χ2v) is 1.92. The van der Waals surface area contributed by atoms with Gasteiger partial charge in [-0.05, 0) is 12.2 Å². The molecule has 1 N–H and O–H groups in total. The quantitative estimate of drug-likeness (QED) is 0.472. The largest absolute Gasteiger partial charge is 0.468 e. The number of hydrogen-bond acceptors (Lipinski definition) is 3. The monoisotopic (exact) mass is 130 g/mol. The van der Waals surface area contributed by atoms with E-state index in [1.807, 2.05) is 0 Å². The molecule has 1 heterocycles. The van der Waals surface area contributed by atoms with E-state index in [0.29, 0.717) is 4.91 Å². The molecule has 0 radical (unpaired) electrons. The van der Waals surface area contributed by atoms with Crippen LogP contribution in [0.5, 0.6) is 0 Å². The molecular weight excluding hydrogens is 124 g/mol. The summed E-state index contributed by atoms with van der Waals surface area (Å²) >= 11 is 3.89. The maximum absolute atomic E-state index is 8.76. The molecule has 0 spiro atoms. The third-order valence-electron chi connectivity index (χ3n) is 0.806. The first-order chi connectivity index (χ1) is 3.80. The van der Waals surface area contributed by atoms with Crippen LogP contribution >= 0.6 is 12.6 Å². The lowest BCUT2D eigenvalue weighted by Gasteiger charge is -2.11. The van der Waals surface area contributed by atoms with Gasteiger partial charge >= 0.3 is 0 Å². The van der Waals surface area contributed by atoms with Gasteiger partial charge in [0.25, 0.3) is 0 Å². The highest BCUT2D eigenvalue weighted by molar-refractivity contribution is 7.84.